The summed E-state index contributed by atoms with van der Waals surface area (Å²) < 4.78 is 11.5. The predicted molar refractivity (Wildman–Crippen MR) is 105 cm³/mol. The maximum atomic E-state index is 12.0. The molecule has 0 radical (unpaired) electrons. The molecule has 4 nitrogen and oxygen atoms in total. The molecule has 1 saturated heterocycles. The number of allylic oxidation sites excluding steroid dienone is 3. The van der Waals surface area contributed by atoms with E-state index >= 15 is 0 Å². The van der Waals surface area contributed by atoms with Crippen LogP contribution in [0.15, 0.2) is 23.8 Å². The molecule has 5 rings (SSSR count). The Hall–Kier alpha value is -1.58. The quantitative estimate of drug-likeness (QED) is 0.613. The van der Waals surface area contributed by atoms with E-state index in [0.717, 1.165) is 32.1 Å². The maximum absolute atomic E-state index is 12.0. The summed E-state index contributed by atoms with van der Waals surface area (Å²) in [6.07, 6.45) is 14.9. The summed E-state index contributed by atoms with van der Waals surface area (Å²) in [7, 11) is 0. The van der Waals surface area contributed by atoms with Gasteiger partial charge in [-0.3, -0.25) is 9.59 Å². The van der Waals surface area contributed by atoms with Crippen molar-refractivity contribution >= 4 is 11.9 Å². The second kappa shape index (κ2) is 5.96. The Morgan fingerprint density at radius 2 is 1.89 bits per heavy atom. The molecule has 1 aliphatic heterocycles. The van der Waals surface area contributed by atoms with Crippen molar-refractivity contribution in [2.75, 3.05) is 0 Å². The molecule has 28 heavy (non-hydrogen) atoms. The molecule has 0 aromatic heterocycles. The van der Waals surface area contributed by atoms with E-state index in [0.29, 0.717) is 24.2 Å². The average Bonchev–Trinajstić information content (AvgIpc) is 3.16. The van der Waals surface area contributed by atoms with Gasteiger partial charge in [0.05, 0.1) is 0 Å². The summed E-state index contributed by atoms with van der Waals surface area (Å²) >= 11 is 0. The van der Waals surface area contributed by atoms with Crippen molar-refractivity contribution in [3.05, 3.63) is 23.8 Å². The summed E-state index contributed by atoms with van der Waals surface area (Å²) in [5.41, 5.74) is 1.42. The van der Waals surface area contributed by atoms with Crippen molar-refractivity contribution in [1.29, 1.82) is 0 Å². The minimum atomic E-state index is -0.211. The van der Waals surface area contributed by atoms with Crippen molar-refractivity contribution < 1.29 is 19.1 Å². The fourth-order valence-electron chi connectivity index (χ4n) is 7.73. The van der Waals surface area contributed by atoms with Gasteiger partial charge in [0.25, 0.3) is 0 Å². The molecule has 7 atom stereocenters. The fourth-order valence-corrected chi connectivity index (χ4v) is 7.73. The lowest BCUT2D eigenvalue weighted by Crippen LogP contribution is -2.53. The van der Waals surface area contributed by atoms with Crippen LogP contribution in [0.5, 0.6) is 0 Å². The van der Waals surface area contributed by atoms with E-state index < -0.39 is 0 Å². The van der Waals surface area contributed by atoms with Crippen molar-refractivity contribution in [2.45, 2.75) is 83.8 Å². The third kappa shape index (κ3) is 2.35. The molecule has 0 aromatic carbocycles. The smallest absolute Gasteiger partial charge is 0.306 e. The number of fused-ring (bicyclic) bond motifs is 6. The van der Waals surface area contributed by atoms with E-state index in [-0.39, 0.29) is 34.5 Å². The van der Waals surface area contributed by atoms with Gasteiger partial charge >= 0.3 is 11.9 Å². The van der Waals surface area contributed by atoms with Crippen LogP contribution in [0.2, 0.25) is 0 Å². The highest BCUT2D eigenvalue weighted by molar-refractivity contribution is 5.72. The van der Waals surface area contributed by atoms with Gasteiger partial charge in [-0.1, -0.05) is 26.0 Å². The van der Waals surface area contributed by atoms with Crippen LogP contribution < -0.4 is 0 Å². The van der Waals surface area contributed by atoms with Gasteiger partial charge in [0.2, 0.25) is 0 Å². The topological polar surface area (TPSA) is 52.6 Å². The molecule has 0 bridgehead atoms. The lowest BCUT2D eigenvalue weighted by Gasteiger charge is -2.57. The van der Waals surface area contributed by atoms with Gasteiger partial charge in [0.1, 0.15) is 11.7 Å². The first-order valence-electron chi connectivity index (χ1n) is 11.1. The van der Waals surface area contributed by atoms with Gasteiger partial charge in [0, 0.05) is 18.8 Å². The van der Waals surface area contributed by atoms with Gasteiger partial charge in [-0.2, -0.15) is 0 Å². The largest absolute Gasteiger partial charge is 0.458 e. The Labute approximate surface area is 167 Å². The summed E-state index contributed by atoms with van der Waals surface area (Å²) in [5.74, 6) is 1.60. The molecule has 1 spiro atoms. The fraction of sp³-hybridized carbons (Fsp3) is 0.750. The molecule has 0 unspecified atom stereocenters. The summed E-state index contributed by atoms with van der Waals surface area (Å²) in [6.45, 7) is 6.32. The zero-order chi connectivity index (χ0) is 19.7. The zero-order valence-corrected chi connectivity index (χ0v) is 17.3. The summed E-state index contributed by atoms with van der Waals surface area (Å²) in [4.78, 5) is 23.4. The van der Waals surface area contributed by atoms with Gasteiger partial charge in [-0.25, -0.2) is 0 Å². The molecule has 0 amide bonds. The summed E-state index contributed by atoms with van der Waals surface area (Å²) in [6, 6.07) is 0. The highest BCUT2D eigenvalue weighted by atomic mass is 16.6. The molecule has 0 N–H and O–H groups in total. The second-order valence-electron chi connectivity index (χ2n) is 10.3. The van der Waals surface area contributed by atoms with E-state index in [1.807, 2.05) is 0 Å². The molecule has 0 aromatic rings. The van der Waals surface area contributed by atoms with Crippen molar-refractivity contribution in [3.63, 3.8) is 0 Å². The van der Waals surface area contributed by atoms with Crippen molar-refractivity contribution in [1.82, 2.24) is 0 Å². The Kier molecular flexibility index (Phi) is 3.93. The van der Waals surface area contributed by atoms with Crippen LogP contribution in [-0.2, 0) is 19.1 Å². The minimum Gasteiger partial charge on any atom is -0.458 e. The van der Waals surface area contributed by atoms with Crippen LogP contribution in [0, 0.1) is 28.6 Å². The van der Waals surface area contributed by atoms with E-state index in [4.69, 9.17) is 9.47 Å². The van der Waals surface area contributed by atoms with Crippen LogP contribution in [0.4, 0.5) is 0 Å². The van der Waals surface area contributed by atoms with Gasteiger partial charge in [-0.05, 0) is 79.8 Å². The Balaban J connectivity index is 1.46. The van der Waals surface area contributed by atoms with Crippen LogP contribution in [0.3, 0.4) is 0 Å². The first-order chi connectivity index (χ1) is 13.3. The number of esters is 2. The van der Waals surface area contributed by atoms with E-state index in [1.54, 1.807) is 0 Å². The van der Waals surface area contributed by atoms with Crippen LogP contribution in [0.1, 0.15) is 72.1 Å². The molecule has 5 aliphatic rings. The monoisotopic (exact) mass is 384 g/mol. The number of rotatable bonds is 1. The zero-order valence-electron chi connectivity index (χ0n) is 17.3. The molecular formula is C24H32O4. The standard InChI is InChI=1S/C24H32O4/c1-15(25)27-17-6-10-22(2)16(14-17)4-5-18-19(22)7-11-23(3)20(18)8-12-24(23)13-9-21(26)28-24/h4-5,14,17-20H,6-13H2,1-3H3/t17-,18+,19+,20-,22-,23-,24+/m0/s1. The molecule has 2 saturated carbocycles. The van der Waals surface area contributed by atoms with E-state index in [9.17, 15) is 9.59 Å². The number of hydrogen-bond donors (Lipinski definition) is 0. The third-order valence-corrected chi connectivity index (χ3v) is 9.27. The Morgan fingerprint density at radius 1 is 1.11 bits per heavy atom. The van der Waals surface area contributed by atoms with E-state index in [1.165, 1.54) is 25.3 Å². The molecule has 4 aliphatic carbocycles. The average molecular weight is 385 g/mol. The highest BCUT2D eigenvalue weighted by Gasteiger charge is 2.66. The van der Waals surface area contributed by atoms with E-state index in [2.05, 4.69) is 32.1 Å². The van der Waals surface area contributed by atoms with Gasteiger partial charge in [0.15, 0.2) is 0 Å². The first kappa shape index (κ1) is 18.4. The Bertz CT molecular complexity index is 781. The SMILES string of the molecule is CC(=O)O[C@@H]1C=C2C=C[C@@H]3[C@@H](CC[C@@]4(C)[C@H]3CC[C@@]43CCC(=O)O3)[C@@]2(C)CC1. The van der Waals surface area contributed by atoms with Crippen molar-refractivity contribution in [2.24, 2.45) is 28.6 Å². The lowest BCUT2D eigenvalue weighted by molar-refractivity contribution is -0.165. The molecular weight excluding hydrogens is 352 g/mol. The highest BCUT2D eigenvalue weighted by Crippen LogP contribution is 2.68. The van der Waals surface area contributed by atoms with Crippen molar-refractivity contribution in [3.8, 4) is 0 Å². The minimum absolute atomic E-state index is 0.00385. The Morgan fingerprint density at radius 3 is 2.61 bits per heavy atom. The summed E-state index contributed by atoms with van der Waals surface area (Å²) in [5, 5.41) is 0. The number of ether oxygens (including phenoxy) is 2. The number of hydrogen-bond acceptors (Lipinski definition) is 4. The van der Waals surface area contributed by atoms with Crippen LogP contribution in [-0.4, -0.2) is 23.6 Å². The third-order valence-electron chi connectivity index (χ3n) is 9.27. The van der Waals surface area contributed by atoms with Crippen LogP contribution >= 0.6 is 0 Å². The van der Waals surface area contributed by atoms with Crippen LogP contribution in [0.25, 0.3) is 0 Å². The molecule has 1 heterocycles. The molecule has 4 heteroatoms. The second-order valence-corrected chi connectivity index (χ2v) is 10.3. The first-order valence-corrected chi connectivity index (χ1v) is 11.1. The predicted octanol–water partition coefficient (Wildman–Crippen LogP) is 4.73. The van der Waals surface area contributed by atoms with Gasteiger partial charge < -0.3 is 9.47 Å². The normalized spacial score (nSPS) is 49.1. The molecule has 3 fully saturated rings. The lowest BCUT2D eigenvalue weighted by atomic mass is 9.48. The maximum Gasteiger partial charge on any atom is 0.306 e. The van der Waals surface area contributed by atoms with Gasteiger partial charge in [-0.15, -0.1) is 0 Å². The number of carbonyl (C=O) groups is 2. The number of carbonyl (C=O) groups excluding carboxylic acids is 2. The molecule has 152 valence electrons.